The zero-order chi connectivity index (χ0) is 15.4. The molecule has 2 aromatic rings. The van der Waals surface area contributed by atoms with E-state index in [1.807, 2.05) is 66.7 Å². The van der Waals surface area contributed by atoms with Crippen LogP contribution in [0.3, 0.4) is 0 Å². The minimum absolute atomic E-state index is 0.0526. The Morgan fingerprint density at radius 3 is 2.50 bits per heavy atom. The first-order valence-corrected chi connectivity index (χ1v) is 7.09. The molecular formula is C19H16NO2+. The fourth-order valence-corrected chi connectivity index (χ4v) is 2.24. The largest absolute Gasteiger partial charge is 0.457 e. The number of allylic oxidation sites excluding steroid dienone is 2. The topological polar surface area (TPSA) is 29.3 Å². The van der Waals surface area contributed by atoms with Gasteiger partial charge in [-0.15, -0.1) is 4.58 Å². The van der Waals surface area contributed by atoms with E-state index in [1.54, 1.807) is 16.9 Å². The van der Waals surface area contributed by atoms with E-state index in [1.165, 1.54) is 6.92 Å². The predicted molar refractivity (Wildman–Crippen MR) is 87.3 cm³/mol. The van der Waals surface area contributed by atoms with E-state index in [0.29, 0.717) is 5.76 Å². The molecule has 2 aromatic carbocycles. The zero-order valence-electron chi connectivity index (χ0n) is 12.3. The van der Waals surface area contributed by atoms with Gasteiger partial charge in [-0.3, -0.25) is 0 Å². The maximum Gasteiger partial charge on any atom is 0.389 e. The molecule has 0 N–H and O–H groups in total. The molecule has 0 unspecified atom stereocenters. The summed E-state index contributed by atoms with van der Waals surface area (Å²) in [4.78, 5) is 11.8. The van der Waals surface area contributed by atoms with Crippen LogP contribution in [0.1, 0.15) is 12.5 Å². The highest BCUT2D eigenvalue weighted by molar-refractivity contribution is 5.79. The number of hydrogen-bond acceptors (Lipinski definition) is 2. The molecule has 0 spiro atoms. The molecule has 0 saturated carbocycles. The van der Waals surface area contributed by atoms with Crippen molar-refractivity contribution in [1.29, 1.82) is 0 Å². The van der Waals surface area contributed by atoms with Crippen LogP contribution in [0.25, 0.3) is 6.08 Å². The third-order valence-corrected chi connectivity index (χ3v) is 3.34. The molecule has 0 fully saturated rings. The summed E-state index contributed by atoms with van der Waals surface area (Å²) < 4.78 is 7.39. The maximum atomic E-state index is 11.8. The average Bonchev–Trinajstić information content (AvgIpc) is 2.55. The second-order valence-corrected chi connectivity index (χ2v) is 4.92. The predicted octanol–water partition coefficient (Wildman–Crippen LogP) is 3.94. The van der Waals surface area contributed by atoms with Gasteiger partial charge in [0.2, 0.25) is 5.69 Å². The van der Waals surface area contributed by atoms with E-state index in [0.717, 1.165) is 17.0 Å². The fourth-order valence-electron chi connectivity index (χ4n) is 2.24. The van der Waals surface area contributed by atoms with Gasteiger partial charge in [0.1, 0.15) is 11.5 Å². The summed E-state index contributed by atoms with van der Waals surface area (Å²) >= 11 is 0. The highest BCUT2D eigenvalue weighted by atomic mass is 16.5. The number of fused-ring (bicyclic) bond motifs is 1. The molecular weight excluding hydrogens is 274 g/mol. The number of hydrogen-bond donors (Lipinski definition) is 0. The Kier molecular flexibility index (Phi) is 3.97. The molecule has 3 rings (SSSR count). The molecule has 3 nitrogen and oxygen atoms in total. The van der Waals surface area contributed by atoms with E-state index < -0.39 is 0 Å². The van der Waals surface area contributed by atoms with E-state index in [9.17, 15) is 4.79 Å². The van der Waals surface area contributed by atoms with Crippen molar-refractivity contribution in [2.45, 2.75) is 6.92 Å². The van der Waals surface area contributed by atoms with Gasteiger partial charge in [-0.05, 0) is 18.2 Å². The van der Waals surface area contributed by atoms with Crippen LogP contribution in [-0.4, -0.2) is 16.7 Å². The van der Waals surface area contributed by atoms with Crippen LogP contribution in [0.15, 0.2) is 72.5 Å². The van der Waals surface area contributed by atoms with Gasteiger partial charge >= 0.3 is 5.91 Å². The molecule has 1 amide bonds. The Balaban J connectivity index is 1.90. The lowest BCUT2D eigenvalue weighted by molar-refractivity contribution is -0.359. The van der Waals surface area contributed by atoms with Crippen LogP contribution < -0.4 is 4.74 Å². The van der Waals surface area contributed by atoms with Crippen molar-refractivity contribution in [2.24, 2.45) is 0 Å². The molecule has 1 aliphatic heterocycles. The first kappa shape index (κ1) is 14.0. The fraction of sp³-hybridized carbons (Fsp3) is 0.0526. The highest BCUT2D eigenvalue weighted by Crippen LogP contribution is 2.26. The summed E-state index contributed by atoms with van der Waals surface area (Å²) in [5.74, 6) is 1.46. The van der Waals surface area contributed by atoms with E-state index >= 15 is 0 Å². The smallest absolute Gasteiger partial charge is 0.389 e. The summed E-state index contributed by atoms with van der Waals surface area (Å²) in [6.07, 6.45) is 7.41. The van der Waals surface area contributed by atoms with Gasteiger partial charge in [0.25, 0.3) is 0 Å². The molecule has 0 atom stereocenters. The lowest BCUT2D eigenvalue weighted by Crippen LogP contribution is -2.13. The minimum Gasteiger partial charge on any atom is -0.457 e. The van der Waals surface area contributed by atoms with Crippen LogP contribution in [-0.2, 0) is 4.79 Å². The molecule has 0 saturated heterocycles. The first-order chi connectivity index (χ1) is 10.7. The van der Waals surface area contributed by atoms with Gasteiger partial charge in [-0.2, -0.15) is 0 Å². The number of nitrogens with zero attached hydrogens (tertiary/aromatic N) is 1. The summed E-state index contributed by atoms with van der Waals surface area (Å²) in [5.41, 5.74) is 1.87. The van der Waals surface area contributed by atoms with Crippen molar-refractivity contribution in [3.63, 3.8) is 0 Å². The number of ether oxygens (including phenoxy) is 1. The number of rotatable bonds is 2. The van der Waals surface area contributed by atoms with Gasteiger partial charge in [-0.25, -0.2) is 4.79 Å². The quantitative estimate of drug-likeness (QED) is 0.619. The third-order valence-electron chi connectivity index (χ3n) is 3.34. The molecule has 3 heteroatoms. The van der Waals surface area contributed by atoms with E-state index in [-0.39, 0.29) is 5.91 Å². The SMILES string of the molecule is CC(=O)[N+](=C/C=C1\C=Cc2ccccc2O1)c1ccccc1. The standard InChI is InChI=1S/C19H16NO2/c1-15(21)20(17-8-3-2-4-9-17)14-13-18-12-11-16-7-5-6-10-19(16)22-18/h2-14H,1H3/q+1/b18-13+,20-14?. The Hall–Kier alpha value is -2.94. The van der Waals surface area contributed by atoms with Crippen LogP contribution in [0, 0.1) is 0 Å². The summed E-state index contributed by atoms with van der Waals surface area (Å²) in [6, 6.07) is 17.3. The maximum absolute atomic E-state index is 11.8. The lowest BCUT2D eigenvalue weighted by atomic mass is 10.1. The first-order valence-electron chi connectivity index (χ1n) is 7.09. The summed E-state index contributed by atoms with van der Waals surface area (Å²) in [7, 11) is 0. The zero-order valence-corrected chi connectivity index (χ0v) is 12.3. The molecule has 22 heavy (non-hydrogen) atoms. The average molecular weight is 290 g/mol. The van der Waals surface area contributed by atoms with E-state index in [4.69, 9.17) is 4.74 Å². The molecule has 1 heterocycles. The van der Waals surface area contributed by atoms with Crippen molar-refractivity contribution in [1.82, 2.24) is 0 Å². The third kappa shape index (κ3) is 3.04. The monoisotopic (exact) mass is 290 g/mol. The van der Waals surface area contributed by atoms with Gasteiger partial charge in [0.05, 0.1) is 6.92 Å². The van der Waals surface area contributed by atoms with Crippen molar-refractivity contribution in [3.8, 4) is 5.75 Å². The minimum atomic E-state index is -0.0526. The van der Waals surface area contributed by atoms with Crippen LogP contribution in [0.2, 0.25) is 0 Å². The van der Waals surface area contributed by atoms with Crippen LogP contribution in [0.5, 0.6) is 5.75 Å². The number of amides is 1. The lowest BCUT2D eigenvalue weighted by Gasteiger charge is -2.13. The summed E-state index contributed by atoms with van der Waals surface area (Å²) in [5, 5.41) is 0. The van der Waals surface area contributed by atoms with Crippen molar-refractivity contribution in [3.05, 3.63) is 78.1 Å². The second kappa shape index (κ2) is 6.22. The molecule has 108 valence electrons. The second-order valence-electron chi connectivity index (χ2n) is 4.92. The van der Waals surface area contributed by atoms with Crippen molar-refractivity contribution >= 4 is 23.9 Å². The number of para-hydroxylation sites is 2. The molecule has 0 aromatic heterocycles. The van der Waals surface area contributed by atoms with Gasteiger partial charge in [0, 0.05) is 23.8 Å². The Morgan fingerprint density at radius 1 is 1.00 bits per heavy atom. The highest BCUT2D eigenvalue weighted by Gasteiger charge is 2.14. The van der Waals surface area contributed by atoms with Crippen molar-refractivity contribution < 1.29 is 14.1 Å². The Morgan fingerprint density at radius 2 is 1.73 bits per heavy atom. The number of carbonyl (C=O) groups is 1. The van der Waals surface area contributed by atoms with Crippen molar-refractivity contribution in [2.75, 3.05) is 0 Å². The number of carbonyl (C=O) groups excluding carboxylic acids is 1. The van der Waals surface area contributed by atoms with E-state index in [2.05, 4.69) is 0 Å². The normalized spacial score (nSPS) is 15.3. The molecule has 0 bridgehead atoms. The van der Waals surface area contributed by atoms with Gasteiger partial charge in [0.15, 0.2) is 6.21 Å². The van der Waals surface area contributed by atoms with Gasteiger partial charge < -0.3 is 4.74 Å². The van der Waals surface area contributed by atoms with Gasteiger partial charge in [-0.1, -0.05) is 36.4 Å². The molecule has 0 aliphatic carbocycles. The van der Waals surface area contributed by atoms with Crippen LogP contribution >= 0.6 is 0 Å². The Bertz CT molecular complexity index is 786. The molecule has 1 aliphatic rings. The number of benzene rings is 2. The molecule has 0 radical (unpaired) electrons. The van der Waals surface area contributed by atoms with Crippen LogP contribution in [0.4, 0.5) is 5.69 Å². The summed E-state index contributed by atoms with van der Waals surface area (Å²) in [6.45, 7) is 1.54. The Labute approximate surface area is 129 Å².